The van der Waals surface area contributed by atoms with Gasteiger partial charge in [-0.15, -0.1) is 12.4 Å². The van der Waals surface area contributed by atoms with E-state index in [1.54, 1.807) is 7.11 Å². The summed E-state index contributed by atoms with van der Waals surface area (Å²) in [4.78, 5) is 12.8. The maximum absolute atomic E-state index is 12.8. The second-order valence-corrected chi connectivity index (χ2v) is 7.10. The second-order valence-electron chi connectivity index (χ2n) is 6.69. The summed E-state index contributed by atoms with van der Waals surface area (Å²) in [5, 5.41) is 7.26. The van der Waals surface area contributed by atoms with Crippen molar-refractivity contribution < 1.29 is 9.53 Å². The minimum atomic E-state index is -0.179. The van der Waals surface area contributed by atoms with Gasteiger partial charge in [0.15, 0.2) is 0 Å². The van der Waals surface area contributed by atoms with Crippen molar-refractivity contribution in [3.05, 3.63) is 28.8 Å². The van der Waals surface area contributed by atoms with Gasteiger partial charge in [-0.25, -0.2) is 0 Å². The van der Waals surface area contributed by atoms with E-state index in [0.29, 0.717) is 17.5 Å². The molecule has 0 aromatic heterocycles. The van der Waals surface area contributed by atoms with E-state index in [2.05, 4.69) is 10.6 Å². The number of methoxy groups -OCH3 is 1. The van der Waals surface area contributed by atoms with Crippen LogP contribution in [0, 0.1) is 11.3 Å². The number of ether oxygens (including phenoxy) is 1. The standard InChI is InChI=1S/C18H25ClN2O2.ClH/c1-23-15-6-5-13(16(19)10-15)7-9-21-17(22)18-8-3-2-4-14(18)11-20-12-18;/h5-6,10,14,20H,2-4,7-9,11-12H2,1H3,(H,21,22);1H/t14-,18+;/m0./s1. The third-order valence-electron chi connectivity index (χ3n) is 5.43. The monoisotopic (exact) mass is 372 g/mol. The van der Waals surface area contributed by atoms with Crippen LogP contribution in [-0.2, 0) is 11.2 Å². The Labute approximate surface area is 155 Å². The highest BCUT2D eigenvalue weighted by Gasteiger charge is 2.49. The smallest absolute Gasteiger partial charge is 0.227 e. The summed E-state index contributed by atoms with van der Waals surface area (Å²) < 4.78 is 5.16. The lowest BCUT2D eigenvalue weighted by Crippen LogP contribution is -2.48. The molecule has 2 aliphatic rings. The molecular formula is C18H26Cl2N2O2. The SMILES string of the molecule is COc1ccc(CCNC(=O)[C@@]23CCCC[C@H]2CNC3)c(Cl)c1.Cl. The van der Waals surface area contributed by atoms with E-state index in [9.17, 15) is 4.79 Å². The lowest BCUT2D eigenvalue weighted by molar-refractivity contribution is -0.133. The minimum Gasteiger partial charge on any atom is -0.497 e. The Bertz CT molecular complexity index is 582. The molecule has 0 unspecified atom stereocenters. The van der Waals surface area contributed by atoms with Gasteiger partial charge in [0, 0.05) is 18.1 Å². The molecule has 0 bridgehead atoms. The average Bonchev–Trinajstić information content (AvgIpc) is 3.01. The summed E-state index contributed by atoms with van der Waals surface area (Å²) in [6.07, 6.45) is 5.34. The van der Waals surface area contributed by atoms with Gasteiger partial charge in [-0.05, 0) is 49.4 Å². The topological polar surface area (TPSA) is 50.4 Å². The molecule has 2 fully saturated rings. The molecule has 1 saturated heterocycles. The molecule has 6 heteroatoms. The van der Waals surface area contributed by atoms with E-state index in [1.165, 1.54) is 12.8 Å². The number of halogens is 2. The number of hydrogen-bond acceptors (Lipinski definition) is 3. The zero-order valence-corrected chi connectivity index (χ0v) is 15.6. The average molecular weight is 373 g/mol. The number of hydrogen-bond donors (Lipinski definition) is 2. The predicted molar refractivity (Wildman–Crippen MR) is 99.2 cm³/mol. The van der Waals surface area contributed by atoms with Gasteiger partial charge in [0.1, 0.15) is 5.75 Å². The molecule has 1 aromatic rings. The molecule has 1 aromatic carbocycles. The first kappa shape index (κ1) is 19.4. The Morgan fingerprint density at radius 1 is 1.46 bits per heavy atom. The van der Waals surface area contributed by atoms with Crippen LogP contribution < -0.4 is 15.4 Å². The van der Waals surface area contributed by atoms with E-state index < -0.39 is 0 Å². The van der Waals surface area contributed by atoms with Crippen molar-refractivity contribution in [2.75, 3.05) is 26.7 Å². The highest BCUT2D eigenvalue weighted by atomic mass is 35.5. The molecule has 3 rings (SSSR count). The maximum Gasteiger partial charge on any atom is 0.227 e. The van der Waals surface area contributed by atoms with E-state index in [0.717, 1.165) is 43.7 Å². The Balaban J connectivity index is 0.00000208. The highest BCUT2D eigenvalue weighted by Crippen LogP contribution is 2.43. The first-order valence-corrected chi connectivity index (χ1v) is 8.85. The fraction of sp³-hybridized carbons (Fsp3) is 0.611. The largest absolute Gasteiger partial charge is 0.497 e. The maximum atomic E-state index is 12.8. The first-order valence-electron chi connectivity index (χ1n) is 8.47. The van der Waals surface area contributed by atoms with Crippen LogP contribution in [-0.4, -0.2) is 32.7 Å². The molecule has 1 aliphatic carbocycles. The van der Waals surface area contributed by atoms with Gasteiger partial charge in [-0.3, -0.25) is 4.79 Å². The van der Waals surface area contributed by atoms with Crippen LogP contribution in [0.5, 0.6) is 5.75 Å². The van der Waals surface area contributed by atoms with Crippen molar-refractivity contribution in [2.24, 2.45) is 11.3 Å². The Hall–Kier alpha value is -0.970. The second kappa shape index (κ2) is 8.41. The molecule has 4 nitrogen and oxygen atoms in total. The minimum absolute atomic E-state index is 0. The summed E-state index contributed by atoms with van der Waals surface area (Å²) in [6, 6.07) is 5.68. The normalized spacial score (nSPS) is 25.5. The van der Waals surface area contributed by atoms with Gasteiger partial charge in [0.05, 0.1) is 12.5 Å². The Morgan fingerprint density at radius 2 is 2.29 bits per heavy atom. The van der Waals surface area contributed by atoms with Crippen LogP contribution in [0.3, 0.4) is 0 Å². The molecule has 1 saturated carbocycles. The number of carbonyl (C=O) groups is 1. The van der Waals surface area contributed by atoms with Crippen molar-refractivity contribution in [1.29, 1.82) is 0 Å². The predicted octanol–water partition coefficient (Wildman–Crippen LogP) is 3.21. The van der Waals surface area contributed by atoms with Gasteiger partial charge in [-0.2, -0.15) is 0 Å². The van der Waals surface area contributed by atoms with E-state index in [-0.39, 0.29) is 23.7 Å². The quantitative estimate of drug-likeness (QED) is 0.834. The zero-order valence-electron chi connectivity index (χ0n) is 14.1. The number of rotatable bonds is 5. The molecule has 0 spiro atoms. The van der Waals surface area contributed by atoms with Crippen molar-refractivity contribution >= 4 is 29.9 Å². The van der Waals surface area contributed by atoms with Crippen LogP contribution in [0.1, 0.15) is 31.2 Å². The van der Waals surface area contributed by atoms with Crippen molar-refractivity contribution in [3.8, 4) is 5.75 Å². The highest BCUT2D eigenvalue weighted by molar-refractivity contribution is 6.31. The van der Waals surface area contributed by atoms with Gasteiger partial charge < -0.3 is 15.4 Å². The molecule has 1 aliphatic heterocycles. The summed E-state index contributed by atoms with van der Waals surface area (Å²) in [7, 11) is 1.63. The third-order valence-corrected chi connectivity index (χ3v) is 5.78. The Kier molecular flexibility index (Phi) is 6.79. The molecular weight excluding hydrogens is 347 g/mol. The number of nitrogens with one attached hydrogen (secondary N) is 2. The van der Waals surface area contributed by atoms with Gasteiger partial charge >= 0.3 is 0 Å². The summed E-state index contributed by atoms with van der Waals surface area (Å²) >= 11 is 6.26. The first-order chi connectivity index (χ1) is 11.2. The summed E-state index contributed by atoms with van der Waals surface area (Å²) in [5.74, 6) is 1.47. The van der Waals surface area contributed by atoms with Crippen LogP contribution in [0.4, 0.5) is 0 Å². The lowest BCUT2D eigenvalue weighted by Gasteiger charge is -2.37. The van der Waals surface area contributed by atoms with E-state index in [1.807, 2.05) is 18.2 Å². The van der Waals surface area contributed by atoms with Crippen LogP contribution >= 0.6 is 24.0 Å². The number of benzene rings is 1. The fourth-order valence-electron chi connectivity index (χ4n) is 4.03. The number of fused-ring (bicyclic) bond motifs is 1. The van der Waals surface area contributed by atoms with E-state index in [4.69, 9.17) is 16.3 Å². The molecule has 1 amide bonds. The van der Waals surface area contributed by atoms with Gasteiger partial charge in [0.2, 0.25) is 5.91 Å². The summed E-state index contributed by atoms with van der Waals surface area (Å²) in [6.45, 7) is 2.43. The molecule has 134 valence electrons. The number of amides is 1. The van der Waals surface area contributed by atoms with E-state index >= 15 is 0 Å². The van der Waals surface area contributed by atoms with Crippen LogP contribution in [0.15, 0.2) is 18.2 Å². The fourth-order valence-corrected chi connectivity index (χ4v) is 4.30. The molecule has 0 radical (unpaired) electrons. The molecule has 24 heavy (non-hydrogen) atoms. The number of carbonyl (C=O) groups excluding carboxylic acids is 1. The van der Waals surface area contributed by atoms with Gasteiger partial charge in [-0.1, -0.05) is 30.5 Å². The van der Waals surface area contributed by atoms with Crippen molar-refractivity contribution in [1.82, 2.24) is 10.6 Å². The lowest BCUT2D eigenvalue weighted by atomic mass is 9.67. The van der Waals surface area contributed by atoms with Crippen molar-refractivity contribution in [3.63, 3.8) is 0 Å². The molecule has 1 heterocycles. The molecule has 2 atom stereocenters. The summed E-state index contributed by atoms with van der Waals surface area (Å²) in [5.41, 5.74) is 0.858. The van der Waals surface area contributed by atoms with Crippen LogP contribution in [0.2, 0.25) is 5.02 Å². The zero-order chi connectivity index (χ0) is 16.3. The van der Waals surface area contributed by atoms with Gasteiger partial charge in [0.25, 0.3) is 0 Å². The Morgan fingerprint density at radius 3 is 3.04 bits per heavy atom. The third kappa shape index (κ3) is 3.81. The van der Waals surface area contributed by atoms with Crippen LogP contribution in [0.25, 0.3) is 0 Å². The van der Waals surface area contributed by atoms with Crippen molar-refractivity contribution in [2.45, 2.75) is 32.1 Å². The molecule has 2 N–H and O–H groups in total.